The van der Waals surface area contributed by atoms with Crippen LogP contribution in [0, 0.1) is 0 Å². The number of ether oxygens (including phenoxy) is 2. The van der Waals surface area contributed by atoms with Crippen molar-refractivity contribution >= 4 is 0 Å². The molecule has 20 heavy (non-hydrogen) atoms. The lowest BCUT2D eigenvalue weighted by atomic mass is 9.86. The molecule has 0 bridgehead atoms. The zero-order chi connectivity index (χ0) is 13.9. The molecular formula is C18H18O2. The first-order valence-corrected chi connectivity index (χ1v) is 6.78. The maximum absolute atomic E-state index is 5.95. The summed E-state index contributed by atoms with van der Waals surface area (Å²) in [6.45, 7) is 4.79. The number of benzene rings is 2. The minimum absolute atomic E-state index is 0.0378. The highest BCUT2D eigenvalue weighted by molar-refractivity contribution is 5.38. The molecule has 1 saturated heterocycles. The fourth-order valence-electron chi connectivity index (χ4n) is 2.75. The van der Waals surface area contributed by atoms with Crippen LogP contribution in [0.2, 0.25) is 0 Å². The summed E-state index contributed by atoms with van der Waals surface area (Å²) in [6, 6.07) is 18.5. The normalized spacial score (nSPS) is 21.9. The molecule has 102 valence electrons. The summed E-state index contributed by atoms with van der Waals surface area (Å²) in [4.78, 5) is 0. The summed E-state index contributed by atoms with van der Waals surface area (Å²) in [6.07, 6.45) is 0.0378. The van der Waals surface area contributed by atoms with Gasteiger partial charge in [0.25, 0.3) is 0 Å². The molecule has 0 saturated carbocycles. The van der Waals surface area contributed by atoms with Gasteiger partial charge in [-0.1, -0.05) is 49.0 Å². The average molecular weight is 266 g/mol. The van der Waals surface area contributed by atoms with Gasteiger partial charge in [0.05, 0.1) is 19.8 Å². The molecule has 2 unspecified atom stereocenters. The lowest BCUT2D eigenvalue weighted by Gasteiger charge is -2.20. The van der Waals surface area contributed by atoms with Gasteiger partial charge in [-0.25, -0.2) is 0 Å². The first-order valence-electron chi connectivity index (χ1n) is 6.78. The standard InChI is InChI=1S/C18H18O2/c1-13-12-20-18(15-8-10-16(19-2)11-9-15)17(13)14-6-4-3-5-7-14/h3-11,17-18H,1,12H2,2H3. The zero-order valence-electron chi connectivity index (χ0n) is 11.6. The first-order chi connectivity index (χ1) is 9.79. The van der Waals surface area contributed by atoms with E-state index in [4.69, 9.17) is 9.47 Å². The number of methoxy groups -OCH3 is 1. The van der Waals surface area contributed by atoms with Crippen LogP contribution < -0.4 is 4.74 Å². The number of hydrogen-bond acceptors (Lipinski definition) is 2. The Kier molecular flexibility index (Phi) is 3.57. The van der Waals surface area contributed by atoms with Crippen LogP contribution in [0.5, 0.6) is 5.75 Å². The van der Waals surface area contributed by atoms with E-state index in [1.54, 1.807) is 7.11 Å². The monoisotopic (exact) mass is 266 g/mol. The van der Waals surface area contributed by atoms with E-state index in [0.29, 0.717) is 6.61 Å². The maximum atomic E-state index is 5.95. The van der Waals surface area contributed by atoms with Crippen molar-refractivity contribution in [1.29, 1.82) is 0 Å². The smallest absolute Gasteiger partial charge is 0.118 e. The van der Waals surface area contributed by atoms with Gasteiger partial charge in [-0.15, -0.1) is 0 Å². The molecule has 0 amide bonds. The molecule has 2 atom stereocenters. The molecule has 0 radical (unpaired) electrons. The first kappa shape index (κ1) is 12.9. The quantitative estimate of drug-likeness (QED) is 0.778. The summed E-state index contributed by atoms with van der Waals surface area (Å²) < 4.78 is 11.2. The molecule has 0 spiro atoms. The van der Waals surface area contributed by atoms with Gasteiger partial charge in [0.15, 0.2) is 0 Å². The lowest BCUT2D eigenvalue weighted by molar-refractivity contribution is 0.106. The van der Waals surface area contributed by atoms with Crippen LogP contribution in [0.3, 0.4) is 0 Å². The Morgan fingerprint density at radius 2 is 1.70 bits per heavy atom. The zero-order valence-corrected chi connectivity index (χ0v) is 11.6. The van der Waals surface area contributed by atoms with Crippen molar-refractivity contribution in [2.24, 2.45) is 0 Å². The van der Waals surface area contributed by atoms with E-state index in [9.17, 15) is 0 Å². The van der Waals surface area contributed by atoms with Crippen LogP contribution in [-0.4, -0.2) is 13.7 Å². The molecule has 0 aliphatic carbocycles. The van der Waals surface area contributed by atoms with E-state index in [1.807, 2.05) is 18.2 Å². The summed E-state index contributed by atoms with van der Waals surface area (Å²) in [5, 5.41) is 0. The topological polar surface area (TPSA) is 18.5 Å². The third kappa shape index (κ3) is 2.35. The van der Waals surface area contributed by atoms with Crippen molar-refractivity contribution in [3.8, 4) is 5.75 Å². The van der Waals surface area contributed by atoms with Gasteiger partial charge in [0, 0.05) is 5.92 Å². The average Bonchev–Trinajstić information content (AvgIpc) is 2.90. The Morgan fingerprint density at radius 1 is 1.00 bits per heavy atom. The molecule has 0 N–H and O–H groups in total. The van der Waals surface area contributed by atoms with Gasteiger partial charge in [-0.2, -0.15) is 0 Å². The molecular weight excluding hydrogens is 248 g/mol. The second-order valence-corrected chi connectivity index (χ2v) is 5.05. The van der Waals surface area contributed by atoms with Crippen LogP contribution in [0.15, 0.2) is 66.7 Å². The number of hydrogen-bond donors (Lipinski definition) is 0. The van der Waals surface area contributed by atoms with Crippen molar-refractivity contribution in [3.63, 3.8) is 0 Å². The van der Waals surface area contributed by atoms with Crippen LogP contribution in [0.4, 0.5) is 0 Å². The van der Waals surface area contributed by atoms with Gasteiger partial charge < -0.3 is 9.47 Å². The largest absolute Gasteiger partial charge is 0.497 e. The van der Waals surface area contributed by atoms with Gasteiger partial charge in [0.2, 0.25) is 0 Å². The third-order valence-electron chi connectivity index (χ3n) is 3.79. The van der Waals surface area contributed by atoms with Crippen LogP contribution in [0.25, 0.3) is 0 Å². The van der Waals surface area contributed by atoms with Crippen molar-refractivity contribution in [2.75, 3.05) is 13.7 Å². The van der Waals surface area contributed by atoms with Gasteiger partial charge in [-0.05, 0) is 28.8 Å². The summed E-state index contributed by atoms with van der Waals surface area (Å²) in [5.74, 6) is 1.09. The Bertz CT molecular complexity index is 587. The maximum Gasteiger partial charge on any atom is 0.118 e. The molecule has 3 rings (SSSR count). The fraction of sp³-hybridized carbons (Fsp3) is 0.222. The lowest BCUT2D eigenvalue weighted by Crippen LogP contribution is -2.07. The van der Waals surface area contributed by atoms with Gasteiger partial charge in [0.1, 0.15) is 5.75 Å². The Balaban J connectivity index is 1.93. The van der Waals surface area contributed by atoms with E-state index >= 15 is 0 Å². The summed E-state index contributed by atoms with van der Waals surface area (Å²) >= 11 is 0. The molecule has 1 aliphatic heterocycles. The second-order valence-electron chi connectivity index (χ2n) is 5.05. The van der Waals surface area contributed by atoms with Crippen molar-refractivity contribution in [3.05, 3.63) is 77.9 Å². The Morgan fingerprint density at radius 3 is 2.35 bits per heavy atom. The fourth-order valence-corrected chi connectivity index (χ4v) is 2.75. The van der Waals surface area contributed by atoms with E-state index < -0.39 is 0 Å². The molecule has 1 heterocycles. The molecule has 2 heteroatoms. The molecule has 2 aromatic rings. The van der Waals surface area contributed by atoms with Crippen LogP contribution in [0.1, 0.15) is 23.1 Å². The van der Waals surface area contributed by atoms with E-state index in [1.165, 1.54) is 11.1 Å². The van der Waals surface area contributed by atoms with Gasteiger partial charge >= 0.3 is 0 Å². The highest BCUT2D eigenvalue weighted by Gasteiger charge is 2.33. The highest BCUT2D eigenvalue weighted by Crippen LogP contribution is 2.44. The molecule has 0 aromatic heterocycles. The molecule has 2 aromatic carbocycles. The predicted molar refractivity (Wildman–Crippen MR) is 80.0 cm³/mol. The van der Waals surface area contributed by atoms with E-state index in [-0.39, 0.29) is 12.0 Å². The molecule has 2 nitrogen and oxygen atoms in total. The third-order valence-corrected chi connectivity index (χ3v) is 3.79. The molecule has 1 fully saturated rings. The van der Waals surface area contributed by atoms with Gasteiger partial charge in [-0.3, -0.25) is 0 Å². The summed E-state index contributed by atoms with van der Waals surface area (Å²) in [5.41, 5.74) is 3.56. The SMILES string of the molecule is C=C1COC(c2ccc(OC)cc2)C1c1ccccc1. The van der Waals surface area contributed by atoms with Crippen molar-refractivity contribution in [1.82, 2.24) is 0 Å². The minimum atomic E-state index is 0.0378. The summed E-state index contributed by atoms with van der Waals surface area (Å²) in [7, 11) is 1.68. The van der Waals surface area contributed by atoms with Crippen molar-refractivity contribution < 1.29 is 9.47 Å². The Hall–Kier alpha value is -2.06. The van der Waals surface area contributed by atoms with E-state index in [0.717, 1.165) is 11.3 Å². The molecule has 1 aliphatic rings. The van der Waals surface area contributed by atoms with Crippen molar-refractivity contribution in [2.45, 2.75) is 12.0 Å². The van der Waals surface area contributed by atoms with Crippen LogP contribution in [-0.2, 0) is 4.74 Å². The Labute approximate surface area is 119 Å². The van der Waals surface area contributed by atoms with E-state index in [2.05, 4.69) is 43.0 Å². The highest BCUT2D eigenvalue weighted by atomic mass is 16.5. The predicted octanol–water partition coefficient (Wildman–Crippen LogP) is 4.11. The second kappa shape index (κ2) is 5.51. The van der Waals surface area contributed by atoms with Crippen LogP contribution >= 0.6 is 0 Å². The minimum Gasteiger partial charge on any atom is -0.497 e. The number of rotatable bonds is 3.